The van der Waals surface area contributed by atoms with Gasteiger partial charge in [0, 0.05) is 43.2 Å². The molecule has 11 rings (SSSR count). The van der Waals surface area contributed by atoms with Crippen LogP contribution in [0.25, 0.3) is 80.7 Å². The van der Waals surface area contributed by atoms with Gasteiger partial charge in [0.15, 0.2) is 0 Å². The van der Waals surface area contributed by atoms with Gasteiger partial charge < -0.3 is 9.47 Å². The molecule has 2 aromatic heterocycles. The molecule has 0 spiro atoms. The average Bonchev–Trinajstić information content (AvgIpc) is 3.81. The van der Waals surface area contributed by atoms with Crippen molar-refractivity contribution in [3.05, 3.63) is 206 Å². The molecule has 258 valence electrons. The van der Waals surface area contributed by atoms with Gasteiger partial charge in [0.2, 0.25) is 0 Å². The monoisotopic (exact) mass is 718 g/mol. The number of nitrogens with zero attached hydrogens (tertiary/aromatic N) is 2. The van der Waals surface area contributed by atoms with Crippen molar-refractivity contribution < 1.29 is 0 Å². The van der Waals surface area contributed by atoms with Crippen LogP contribution < -0.4 is 4.90 Å². The second-order valence-corrected chi connectivity index (χ2v) is 15.2. The SMILES string of the molecule is c1cc(-c2ccc(N(c3ccc4ccccc4c3)c3cccc4c3sc3ccccc34)cc2)cc(-c2ccccc2-n2c3ccccc3c3ccccc32)c1. The zero-order valence-electron chi connectivity index (χ0n) is 29.9. The Kier molecular flexibility index (Phi) is 7.39. The highest BCUT2D eigenvalue weighted by atomic mass is 32.1. The Morgan fingerprint density at radius 1 is 0.382 bits per heavy atom. The number of hydrogen-bond donors (Lipinski definition) is 0. The molecule has 2 nitrogen and oxygen atoms in total. The molecule has 0 aliphatic heterocycles. The summed E-state index contributed by atoms with van der Waals surface area (Å²) in [5.74, 6) is 0. The van der Waals surface area contributed by atoms with Crippen molar-refractivity contribution in [1.29, 1.82) is 0 Å². The van der Waals surface area contributed by atoms with E-state index in [4.69, 9.17) is 0 Å². The Morgan fingerprint density at radius 3 is 1.82 bits per heavy atom. The number of fused-ring (bicyclic) bond motifs is 7. The maximum Gasteiger partial charge on any atom is 0.0640 e. The molecular weight excluding hydrogens is 685 g/mol. The molecule has 0 aliphatic carbocycles. The first-order chi connectivity index (χ1) is 27.3. The van der Waals surface area contributed by atoms with E-state index in [1.807, 2.05) is 11.3 Å². The van der Waals surface area contributed by atoms with Gasteiger partial charge in [-0.05, 0) is 88.1 Å². The van der Waals surface area contributed by atoms with E-state index in [0.29, 0.717) is 0 Å². The molecule has 0 saturated heterocycles. The number of para-hydroxylation sites is 3. The van der Waals surface area contributed by atoms with E-state index in [-0.39, 0.29) is 0 Å². The molecule has 9 aromatic carbocycles. The maximum absolute atomic E-state index is 2.42. The third-order valence-corrected chi connectivity index (χ3v) is 12.2. The molecule has 0 amide bonds. The predicted octanol–water partition coefficient (Wildman–Crippen LogP) is 15.1. The van der Waals surface area contributed by atoms with Crippen molar-refractivity contribution in [3.8, 4) is 27.9 Å². The first-order valence-corrected chi connectivity index (χ1v) is 19.6. The topological polar surface area (TPSA) is 8.17 Å². The molecule has 2 heterocycles. The lowest BCUT2D eigenvalue weighted by atomic mass is 9.97. The quantitative estimate of drug-likeness (QED) is 0.166. The highest BCUT2D eigenvalue weighted by molar-refractivity contribution is 7.26. The van der Waals surface area contributed by atoms with E-state index in [0.717, 1.165) is 11.4 Å². The standard InChI is InChI=1S/C52H34N2S/c1-2-14-38-34-41(32-29-35(38)13-1)53(50-25-12-21-46-45-20-6-10-26-51(45)55-52(46)50)40-30-27-36(28-31-40)37-15-11-16-39(33-37)42-17-3-7-22-47(42)54-48-23-8-4-18-43(48)44-19-5-9-24-49(44)54/h1-34H. The molecule has 3 heteroatoms. The second kappa shape index (κ2) is 12.9. The van der Waals surface area contributed by atoms with Gasteiger partial charge in [-0.2, -0.15) is 0 Å². The van der Waals surface area contributed by atoms with Crippen molar-refractivity contribution in [2.45, 2.75) is 0 Å². The summed E-state index contributed by atoms with van der Waals surface area (Å²) in [6.45, 7) is 0. The van der Waals surface area contributed by atoms with Crippen LogP contribution in [-0.2, 0) is 0 Å². The Balaban J connectivity index is 1.02. The van der Waals surface area contributed by atoms with E-state index in [2.05, 4.69) is 216 Å². The summed E-state index contributed by atoms with van der Waals surface area (Å²) in [6, 6.07) is 75.1. The van der Waals surface area contributed by atoms with Crippen molar-refractivity contribution >= 4 is 81.1 Å². The van der Waals surface area contributed by atoms with E-state index in [1.165, 1.54) is 86.4 Å². The predicted molar refractivity (Wildman–Crippen MR) is 237 cm³/mol. The Labute approximate surface area is 323 Å². The third-order valence-electron chi connectivity index (χ3n) is 11.0. The molecule has 55 heavy (non-hydrogen) atoms. The molecular formula is C52H34N2S. The average molecular weight is 719 g/mol. The summed E-state index contributed by atoms with van der Waals surface area (Å²) in [5, 5.41) is 7.59. The van der Waals surface area contributed by atoms with Crippen LogP contribution in [0.4, 0.5) is 17.1 Å². The van der Waals surface area contributed by atoms with Crippen molar-refractivity contribution in [3.63, 3.8) is 0 Å². The Bertz CT molecular complexity index is 3170. The van der Waals surface area contributed by atoms with Crippen LogP contribution in [0, 0.1) is 0 Å². The second-order valence-electron chi connectivity index (χ2n) is 14.1. The van der Waals surface area contributed by atoms with Gasteiger partial charge in [-0.1, -0.05) is 146 Å². The maximum atomic E-state index is 2.42. The van der Waals surface area contributed by atoms with E-state index in [9.17, 15) is 0 Å². The minimum Gasteiger partial charge on any atom is -0.309 e. The number of benzene rings is 9. The molecule has 0 bridgehead atoms. The normalized spacial score (nSPS) is 11.6. The Morgan fingerprint density at radius 2 is 1.00 bits per heavy atom. The van der Waals surface area contributed by atoms with Crippen LogP contribution in [0.1, 0.15) is 0 Å². The molecule has 0 aliphatic rings. The van der Waals surface area contributed by atoms with Gasteiger partial charge in [0.25, 0.3) is 0 Å². The number of aromatic nitrogens is 1. The summed E-state index contributed by atoms with van der Waals surface area (Å²) in [4.78, 5) is 2.42. The van der Waals surface area contributed by atoms with Gasteiger partial charge in [-0.3, -0.25) is 0 Å². The first-order valence-electron chi connectivity index (χ1n) is 18.8. The van der Waals surface area contributed by atoms with Crippen molar-refractivity contribution in [1.82, 2.24) is 4.57 Å². The van der Waals surface area contributed by atoms with E-state index in [1.54, 1.807) is 0 Å². The molecule has 0 unspecified atom stereocenters. The third kappa shape index (κ3) is 5.24. The van der Waals surface area contributed by atoms with Gasteiger partial charge in [-0.15, -0.1) is 11.3 Å². The summed E-state index contributed by atoms with van der Waals surface area (Å²) in [7, 11) is 0. The Hall–Kier alpha value is -6.94. The minimum atomic E-state index is 1.12. The van der Waals surface area contributed by atoms with Crippen LogP contribution in [0.3, 0.4) is 0 Å². The zero-order valence-corrected chi connectivity index (χ0v) is 30.7. The van der Waals surface area contributed by atoms with Crippen molar-refractivity contribution in [2.75, 3.05) is 4.90 Å². The highest BCUT2D eigenvalue weighted by Crippen LogP contribution is 2.45. The number of thiophene rings is 1. The lowest BCUT2D eigenvalue weighted by Gasteiger charge is -2.26. The van der Waals surface area contributed by atoms with Crippen LogP contribution in [-0.4, -0.2) is 4.57 Å². The summed E-state index contributed by atoms with van der Waals surface area (Å²) < 4.78 is 5.01. The number of rotatable bonds is 6. The molecule has 0 saturated carbocycles. The van der Waals surface area contributed by atoms with Gasteiger partial charge in [0.1, 0.15) is 0 Å². The number of hydrogen-bond acceptors (Lipinski definition) is 2. The lowest BCUT2D eigenvalue weighted by molar-refractivity contribution is 1.18. The van der Waals surface area contributed by atoms with Gasteiger partial charge in [-0.25, -0.2) is 0 Å². The van der Waals surface area contributed by atoms with Crippen molar-refractivity contribution in [2.24, 2.45) is 0 Å². The van der Waals surface area contributed by atoms with Gasteiger partial charge >= 0.3 is 0 Å². The largest absolute Gasteiger partial charge is 0.309 e. The number of anilines is 3. The van der Waals surface area contributed by atoms with E-state index >= 15 is 0 Å². The fraction of sp³-hybridized carbons (Fsp3) is 0. The van der Waals surface area contributed by atoms with Crippen LogP contribution in [0.2, 0.25) is 0 Å². The summed E-state index contributed by atoms with van der Waals surface area (Å²) >= 11 is 1.87. The van der Waals surface area contributed by atoms with Gasteiger partial charge in [0.05, 0.1) is 27.1 Å². The highest BCUT2D eigenvalue weighted by Gasteiger charge is 2.19. The minimum absolute atomic E-state index is 1.12. The molecule has 0 atom stereocenters. The lowest BCUT2D eigenvalue weighted by Crippen LogP contribution is -2.10. The molecule has 11 aromatic rings. The van der Waals surface area contributed by atoms with Crippen LogP contribution >= 0.6 is 11.3 Å². The smallest absolute Gasteiger partial charge is 0.0640 e. The van der Waals surface area contributed by atoms with E-state index < -0.39 is 0 Å². The van der Waals surface area contributed by atoms with Crippen LogP contribution in [0.5, 0.6) is 0 Å². The fourth-order valence-electron chi connectivity index (χ4n) is 8.42. The summed E-state index contributed by atoms with van der Waals surface area (Å²) in [6.07, 6.45) is 0. The summed E-state index contributed by atoms with van der Waals surface area (Å²) in [5.41, 5.74) is 11.8. The molecule has 0 radical (unpaired) electrons. The zero-order chi connectivity index (χ0) is 36.3. The first kappa shape index (κ1) is 31.6. The van der Waals surface area contributed by atoms with Crippen LogP contribution in [0.15, 0.2) is 206 Å². The molecule has 0 N–H and O–H groups in total. The molecule has 0 fully saturated rings. The fourth-order valence-corrected chi connectivity index (χ4v) is 9.62.